The second-order valence-electron chi connectivity index (χ2n) is 15.3. The van der Waals surface area contributed by atoms with Crippen LogP contribution in [-0.4, -0.2) is 69.0 Å². The molecule has 0 bridgehead atoms. The minimum absolute atomic E-state index is 0. The maximum absolute atomic E-state index is 12.8. The van der Waals surface area contributed by atoms with Crippen molar-refractivity contribution in [2.24, 2.45) is 0 Å². The Morgan fingerprint density at radius 3 is 1.37 bits per heavy atom. The van der Waals surface area contributed by atoms with Gasteiger partial charge in [-0.3, -0.25) is 9.59 Å². The smallest absolute Gasteiger partial charge is 0.306 e. The first-order valence-corrected chi connectivity index (χ1v) is 21.6. The number of nitrogens with zero attached hydrogens (tertiary/aromatic N) is 1. The van der Waals surface area contributed by atoms with Crippen LogP contribution >= 0.6 is 0 Å². The lowest BCUT2D eigenvalue weighted by atomic mass is 10.1. The van der Waals surface area contributed by atoms with Crippen LogP contribution in [0.15, 0.2) is 24.3 Å². The Hall–Kier alpha value is -1.37. The van der Waals surface area contributed by atoms with E-state index in [4.69, 9.17) is 14.2 Å². The van der Waals surface area contributed by atoms with Gasteiger partial charge in [0.25, 0.3) is 0 Å². The van der Waals surface area contributed by atoms with Crippen molar-refractivity contribution >= 4 is 11.9 Å². The summed E-state index contributed by atoms with van der Waals surface area (Å²) < 4.78 is 17.9. The molecule has 0 saturated carbocycles. The van der Waals surface area contributed by atoms with Crippen molar-refractivity contribution in [3.05, 3.63) is 24.3 Å². The van der Waals surface area contributed by atoms with Crippen molar-refractivity contribution in [2.75, 3.05) is 46.5 Å². The molecule has 0 aliphatic carbocycles. The highest BCUT2D eigenvalue weighted by Crippen LogP contribution is 2.15. The number of esters is 2. The monoisotopic (exact) mass is 740 g/mol. The summed E-state index contributed by atoms with van der Waals surface area (Å²) in [6.45, 7) is 8.52. The highest BCUT2D eigenvalue weighted by atomic mass is 35.5. The number of hydrogen-bond donors (Lipinski definition) is 0. The summed E-state index contributed by atoms with van der Waals surface area (Å²) >= 11 is 0. The molecule has 0 N–H and O–H groups in total. The molecule has 1 unspecified atom stereocenters. The summed E-state index contributed by atoms with van der Waals surface area (Å²) in [7, 11) is 2.18. The van der Waals surface area contributed by atoms with Crippen LogP contribution in [0.25, 0.3) is 0 Å². The van der Waals surface area contributed by atoms with Crippen molar-refractivity contribution < 1.29 is 40.7 Å². The van der Waals surface area contributed by atoms with E-state index in [1.54, 1.807) is 0 Å². The molecule has 0 aromatic carbocycles. The Balaban J connectivity index is 0.0000250. The lowest BCUT2D eigenvalue weighted by Crippen LogP contribution is -3.00. The zero-order chi connectivity index (χ0) is 36.2. The van der Waals surface area contributed by atoms with Gasteiger partial charge in [-0.05, 0) is 64.2 Å². The summed E-state index contributed by atoms with van der Waals surface area (Å²) in [6, 6.07) is 0. The molecule has 0 aromatic rings. The van der Waals surface area contributed by atoms with Gasteiger partial charge in [-0.15, -0.1) is 0 Å². The maximum atomic E-state index is 12.8. The minimum Gasteiger partial charge on any atom is -1.00 e. The third kappa shape index (κ3) is 33.0. The number of morpholine rings is 1. The molecular formula is C44H82ClNO5. The number of carbonyl (C=O) groups is 2. The van der Waals surface area contributed by atoms with Gasteiger partial charge in [0.2, 0.25) is 0 Å². The second kappa shape index (κ2) is 37.0. The fourth-order valence-corrected chi connectivity index (χ4v) is 6.76. The zero-order valence-electron chi connectivity index (χ0n) is 33.8. The number of carbonyl (C=O) groups excluding carboxylic acids is 2. The molecule has 1 atom stereocenters. The average molecular weight is 741 g/mol. The van der Waals surface area contributed by atoms with Gasteiger partial charge >= 0.3 is 11.9 Å². The number of hydrogen-bond acceptors (Lipinski definition) is 5. The van der Waals surface area contributed by atoms with Gasteiger partial charge in [0.05, 0.1) is 20.3 Å². The number of likely N-dealkylation sites (N-methyl/N-ethyl adjacent to an activating group) is 1. The molecule has 1 aliphatic rings. The Morgan fingerprint density at radius 2 is 0.941 bits per heavy atom. The van der Waals surface area contributed by atoms with Crippen molar-refractivity contribution in [1.82, 2.24) is 0 Å². The molecule has 6 nitrogen and oxygen atoms in total. The third-order valence-electron chi connectivity index (χ3n) is 10.2. The number of unbranched alkanes of at least 4 members (excludes halogenated alkanes) is 22. The van der Waals surface area contributed by atoms with Gasteiger partial charge in [0.1, 0.15) is 26.2 Å². The van der Waals surface area contributed by atoms with E-state index in [1.165, 1.54) is 122 Å². The van der Waals surface area contributed by atoms with E-state index in [-0.39, 0.29) is 31.0 Å². The van der Waals surface area contributed by atoms with Crippen LogP contribution in [0, 0.1) is 0 Å². The van der Waals surface area contributed by atoms with E-state index in [1.807, 2.05) is 0 Å². The van der Waals surface area contributed by atoms with Crippen LogP contribution in [0.2, 0.25) is 0 Å². The van der Waals surface area contributed by atoms with E-state index in [2.05, 4.69) is 45.2 Å². The first-order chi connectivity index (χ1) is 24.5. The van der Waals surface area contributed by atoms with Crippen LogP contribution in [-0.2, 0) is 23.8 Å². The van der Waals surface area contributed by atoms with Crippen LogP contribution < -0.4 is 12.4 Å². The van der Waals surface area contributed by atoms with Crippen molar-refractivity contribution in [3.63, 3.8) is 0 Å². The predicted octanol–water partition coefficient (Wildman–Crippen LogP) is 9.00. The van der Waals surface area contributed by atoms with E-state index in [9.17, 15) is 9.59 Å². The fraction of sp³-hybridized carbons (Fsp3) is 0.864. The molecular weight excluding hydrogens is 658 g/mol. The van der Waals surface area contributed by atoms with Gasteiger partial charge in [-0.25, -0.2) is 0 Å². The van der Waals surface area contributed by atoms with Gasteiger partial charge in [-0.2, -0.15) is 0 Å². The van der Waals surface area contributed by atoms with Gasteiger partial charge in [0.15, 0.2) is 6.10 Å². The molecule has 0 aromatic heterocycles. The molecule has 7 heteroatoms. The Morgan fingerprint density at radius 1 is 0.569 bits per heavy atom. The van der Waals surface area contributed by atoms with Gasteiger partial charge in [0, 0.05) is 12.8 Å². The van der Waals surface area contributed by atoms with Gasteiger partial charge < -0.3 is 31.1 Å². The average Bonchev–Trinajstić information content (AvgIpc) is 3.10. The molecule has 1 heterocycles. The number of allylic oxidation sites excluding steroid dienone is 4. The second-order valence-corrected chi connectivity index (χ2v) is 15.3. The first-order valence-electron chi connectivity index (χ1n) is 21.6. The Labute approximate surface area is 322 Å². The van der Waals surface area contributed by atoms with Crippen LogP contribution in [0.4, 0.5) is 0 Å². The fourth-order valence-electron chi connectivity index (χ4n) is 6.76. The molecule has 1 rings (SSSR count). The van der Waals surface area contributed by atoms with Crippen molar-refractivity contribution in [1.29, 1.82) is 0 Å². The van der Waals surface area contributed by atoms with Crippen LogP contribution in [0.3, 0.4) is 0 Å². The quantitative estimate of drug-likeness (QED) is 0.0281. The number of quaternary nitrogens is 1. The number of ether oxygens (including phenoxy) is 3. The SMILES string of the molecule is CCCCCCCC/C=C/CCCCCCCC(=O)OCC(C[N+]1(C)CCOCC1)OC(=O)CCCCCCC/C=C/CCCCCCCC.[Cl-]. The summed E-state index contributed by atoms with van der Waals surface area (Å²) in [5.74, 6) is -0.341. The molecule has 0 amide bonds. The third-order valence-corrected chi connectivity index (χ3v) is 10.2. The summed E-state index contributed by atoms with van der Waals surface area (Å²) in [6.07, 6.45) is 42.0. The summed E-state index contributed by atoms with van der Waals surface area (Å²) in [4.78, 5) is 25.4. The molecule has 0 spiro atoms. The topological polar surface area (TPSA) is 61.8 Å². The molecule has 1 aliphatic heterocycles. The molecule has 300 valence electrons. The highest BCUT2D eigenvalue weighted by Gasteiger charge is 2.31. The van der Waals surface area contributed by atoms with Crippen LogP contribution in [0.1, 0.15) is 194 Å². The Kier molecular flexibility index (Phi) is 36.0. The van der Waals surface area contributed by atoms with Crippen LogP contribution in [0.5, 0.6) is 0 Å². The largest absolute Gasteiger partial charge is 1.00 e. The first kappa shape index (κ1) is 49.6. The lowest BCUT2D eigenvalue weighted by molar-refractivity contribution is -0.919. The molecule has 51 heavy (non-hydrogen) atoms. The van der Waals surface area contributed by atoms with E-state index in [0.717, 1.165) is 62.5 Å². The van der Waals surface area contributed by atoms with Crippen molar-refractivity contribution in [3.8, 4) is 0 Å². The Bertz CT molecular complexity index is 841. The van der Waals surface area contributed by atoms with Gasteiger partial charge in [-0.1, -0.05) is 141 Å². The predicted molar refractivity (Wildman–Crippen MR) is 211 cm³/mol. The molecule has 1 fully saturated rings. The summed E-state index contributed by atoms with van der Waals surface area (Å²) in [5.41, 5.74) is 0. The number of rotatable bonds is 35. The minimum atomic E-state index is -0.410. The van der Waals surface area contributed by atoms with E-state index in [0.29, 0.717) is 32.6 Å². The summed E-state index contributed by atoms with van der Waals surface area (Å²) in [5, 5.41) is 0. The van der Waals surface area contributed by atoms with Crippen molar-refractivity contribution in [2.45, 2.75) is 200 Å². The highest BCUT2D eigenvalue weighted by molar-refractivity contribution is 5.70. The maximum Gasteiger partial charge on any atom is 0.306 e. The lowest BCUT2D eigenvalue weighted by Gasteiger charge is -2.39. The number of halogens is 1. The normalized spacial score (nSPS) is 14.9. The standard InChI is InChI=1S/C44H82NO5.ClH/c1-4-6-8-10-12-14-16-18-20-22-24-26-28-30-32-34-43(46)49-41-42(40-45(3)36-38-48-39-37-45)50-44(47)35-33-31-29-27-25-23-21-19-17-15-13-11-9-7-5-2;/h18-21,42H,4-17,22-41H2,1-3H3;1H/q+1;/p-1/b20-18+,21-19+;. The zero-order valence-corrected chi connectivity index (χ0v) is 34.6. The molecule has 1 saturated heterocycles. The van der Waals surface area contributed by atoms with E-state index >= 15 is 0 Å². The molecule has 0 radical (unpaired) electrons. The van der Waals surface area contributed by atoms with E-state index < -0.39 is 6.10 Å².